The lowest BCUT2D eigenvalue weighted by atomic mass is 9.94. The summed E-state index contributed by atoms with van der Waals surface area (Å²) < 4.78 is 0. The van der Waals surface area contributed by atoms with E-state index in [9.17, 15) is 4.79 Å². The van der Waals surface area contributed by atoms with Crippen LogP contribution >= 0.6 is 11.6 Å². The third kappa shape index (κ3) is 5.36. The van der Waals surface area contributed by atoms with Gasteiger partial charge in [0.2, 0.25) is 0 Å². The van der Waals surface area contributed by atoms with E-state index in [4.69, 9.17) is 11.6 Å². The number of carbonyl (C=O) groups excluding carboxylic acids is 1. The highest BCUT2D eigenvalue weighted by atomic mass is 35.5. The maximum absolute atomic E-state index is 12.9. The summed E-state index contributed by atoms with van der Waals surface area (Å²) >= 11 is 6.02. The van der Waals surface area contributed by atoms with Gasteiger partial charge in [-0.05, 0) is 48.9 Å². The van der Waals surface area contributed by atoms with Gasteiger partial charge in [-0.1, -0.05) is 60.2 Å². The molecule has 1 aliphatic rings. The molecule has 0 fully saturated rings. The van der Waals surface area contributed by atoms with E-state index >= 15 is 0 Å². The van der Waals surface area contributed by atoms with Crippen molar-refractivity contribution in [3.63, 3.8) is 0 Å². The molecular weight excluding hydrogens is 332 g/mol. The standard InChI is InChI=1S/C21H23ClN2O/c22-19-12-7-13-20(14-19)23-21(25)24(15-17-8-3-1-4-9-17)16-18-10-5-2-6-11-18/h1-5,7-9,12-14,18H,6,10-11,15-16H2,(H,23,25)/t18-/m0/s1. The van der Waals surface area contributed by atoms with Crippen molar-refractivity contribution < 1.29 is 4.79 Å². The van der Waals surface area contributed by atoms with E-state index in [2.05, 4.69) is 29.6 Å². The number of halogens is 1. The fourth-order valence-corrected chi connectivity index (χ4v) is 3.32. The summed E-state index contributed by atoms with van der Waals surface area (Å²) in [6.07, 6.45) is 7.72. The SMILES string of the molecule is O=C(Nc1cccc(Cl)c1)N(Cc1ccccc1)C[C@H]1CC=CCC1. The number of nitrogens with one attached hydrogen (secondary N) is 1. The predicted molar refractivity (Wildman–Crippen MR) is 104 cm³/mol. The number of amides is 2. The van der Waals surface area contributed by atoms with Crippen LogP contribution in [0.3, 0.4) is 0 Å². The van der Waals surface area contributed by atoms with E-state index in [1.807, 2.05) is 35.2 Å². The molecule has 0 aromatic heterocycles. The second-order valence-electron chi connectivity index (χ2n) is 6.46. The van der Waals surface area contributed by atoms with E-state index in [0.717, 1.165) is 37.1 Å². The van der Waals surface area contributed by atoms with Crippen LogP contribution in [-0.4, -0.2) is 17.5 Å². The van der Waals surface area contributed by atoms with Gasteiger partial charge in [-0.3, -0.25) is 0 Å². The van der Waals surface area contributed by atoms with E-state index in [0.29, 0.717) is 17.5 Å². The first kappa shape index (κ1) is 17.6. The maximum atomic E-state index is 12.9. The topological polar surface area (TPSA) is 32.3 Å². The largest absolute Gasteiger partial charge is 0.322 e. The number of hydrogen-bond donors (Lipinski definition) is 1. The Labute approximate surface area is 154 Å². The summed E-state index contributed by atoms with van der Waals surface area (Å²) in [4.78, 5) is 14.8. The van der Waals surface area contributed by atoms with Gasteiger partial charge in [0.15, 0.2) is 0 Å². The van der Waals surface area contributed by atoms with Crippen molar-refractivity contribution >= 4 is 23.3 Å². The number of nitrogens with zero attached hydrogens (tertiary/aromatic N) is 1. The third-order valence-electron chi connectivity index (χ3n) is 4.44. The minimum Gasteiger partial charge on any atom is -0.320 e. The first-order chi connectivity index (χ1) is 12.2. The molecule has 3 rings (SSSR count). The molecule has 0 radical (unpaired) electrons. The van der Waals surface area contributed by atoms with E-state index in [1.165, 1.54) is 0 Å². The number of allylic oxidation sites excluding steroid dienone is 2. The molecule has 1 atom stereocenters. The monoisotopic (exact) mass is 354 g/mol. The first-order valence-corrected chi connectivity index (χ1v) is 9.09. The Hall–Kier alpha value is -2.26. The average Bonchev–Trinajstić information content (AvgIpc) is 2.63. The van der Waals surface area contributed by atoms with Crippen LogP contribution in [0.1, 0.15) is 24.8 Å². The average molecular weight is 355 g/mol. The zero-order valence-corrected chi connectivity index (χ0v) is 15.0. The predicted octanol–water partition coefficient (Wildman–Crippen LogP) is 5.73. The molecule has 0 unspecified atom stereocenters. The van der Waals surface area contributed by atoms with Crippen molar-refractivity contribution in [2.24, 2.45) is 5.92 Å². The van der Waals surface area contributed by atoms with Gasteiger partial charge in [0.25, 0.3) is 0 Å². The molecule has 1 N–H and O–H groups in total. The molecule has 0 saturated carbocycles. The van der Waals surface area contributed by atoms with Gasteiger partial charge in [0.05, 0.1) is 0 Å². The van der Waals surface area contributed by atoms with Crippen LogP contribution < -0.4 is 5.32 Å². The molecule has 0 aliphatic heterocycles. The molecular formula is C21H23ClN2O. The highest BCUT2D eigenvalue weighted by Crippen LogP contribution is 2.21. The minimum absolute atomic E-state index is 0.0827. The van der Waals surface area contributed by atoms with Crippen molar-refractivity contribution in [2.75, 3.05) is 11.9 Å². The highest BCUT2D eigenvalue weighted by molar-refractivity contribution is 6.30. The molecule has 3 nitrogen and oxygen atoms in total. The Kier molecular flexibility index (Phi) is 6.13. The van der Waals surface area contributed by atoms with Gasteiger partial charge in [-0.15, -0.1) is 0 Å². The molecule has 25 heavy (non-hydrogen) atoms. The number of hydrogen-bond acceptors (Lipinski definition) is 1. The third-order valence-corrected chi connectivity index (χ3v) is 4.67. The van der Waals surface area contributed by atoms with Gasteiger partial charge in [0.1, 0.15) is 0 Å². The van der Waals surface area contributed by atoms with E-state index in [1.54, 1.807) is 12.1 Å². The molecule has 1 aliphatic carbocycles. The summed E-state index contributed by atoms with van der Waals surface area (Å²) in [5.41, 5.74) is 1.86. The number of benzene rings is 2. The lowest BCUT2D eigenvalue weighted by molar-refractivity contribution is 0.195. The van der Waals surface area contributed by atoms with Crippen LogP contribution in [0.15, 0.2) is 66.7 Å². The second-order valence-corrected chi connectivity index (χ2v) is 6.89. The molecule has 2 aromatic rings. The van der Waals surface area contributed by atoms with Crippen LogP contribution in [0.4, 0.5) is 10.5 Å². The van der Waals surface area contributed by atoms with Crippen LogP contribution in [0.2, 0.25) is 5.02 Å². The van der Waals surface area contributed by atoms with Crippen molar-refractivity contribution in [1.29, 1.82) is 0 Å². The first-order valence-electron chi connectivity index (χ1n) is 8.71. The molecule has 0 heterocycles. The van der Waals surface area contributed by atoms with Gasteiger partial charge >= 0.3 is 6.03 Å². The number of anilines is 1. The van der Waals surface area contributed by atoms with Crippen molar-refractivity contribution in [1.82, 2.24) is 4.90 Å². The Bertz CT molecular complexity index is 730. The van der Waals surface area contributed by atoms with E-state index < -0.39 is 0 Å². The molecule has 4 heteroatoms. The highest BCUT2D eigenvalue weighted by Gasteiger charge is 2.20. The van der Waals surface area contributed by atoms with Crippen molar-refractivity contribution in [2.45, 2.75) is 25.8 Å². The Morgan fingerprint density at radius 2 is 1.96 bits per heavy atom. The zero-order chi connectivity index (χ0) is 17.5. The summed E-state index contributed by atoms with van der Waals surface area (Å²) in [6, 6.07) is 17.3. The molecule has 130 valence electrons. The molecule has 0 saturated heterocycles. The molecule has 0 bridgehead atoms. The lowest BCUT2D eigenvalue weighted by Gasteiger charge is -2.28. The van der Waals surface area contributed by atoms with Crippen LogP contribution in [0, 0.1) is 5.92 Å². The Morgan fingerprint density at radius 1 is 1.12 bits per heavy atom. The van der Waals surface area contributed by atoms with Crippen LogP contribution in [0.5, 0.6) is 0 Å². The fraction of sp³-hybridized carbons (Fsp3) is 0.286. The van der Waals surface area contributed by atoms with Gasteiger partial charge in [-0.2, -0.15) is 0 Å². The van der Waals surface area contributed by atoms with Crippen LogP contribution in [0.25, 0.3) is 0 Å². The lowest BCUT2D eigenvalue weighted by Crippen LogP contribution is -2.38. The molecule has 2 aromatic carbocycles. The van der Waals surface area contributed by atoms with Gasteiger partial charge in [0, 0.05) is 23.8 Å². The molecule has 2 amide bonds. The fourth-order valence-electron chi connectivity index (χ4n) is 3.13. The van der Waals surface area contributed by atoms with Gasteiger partial charge in [-0.25, -0.2) is 4.79 Å². The smallest absolute Gasteiger partial charge is 0.320 e. The number of rotatable bonds is 5. The second kappa shape index (κ2) is 8.72. The van der Waals surface area contributed by atoms with Crippen LogP contribution in [-0.2, 0) is 6.54 Å². The quantitative estimate of drug-likeness (QED) is 0.683. The zero-order valence-electron chi connectivity index (χ0n) is 14.2. The Balaban J connectivity index is 1.71. The number of urea groups is 1. The van der Waals surface area contributed by atoms with Gasteiger partial charge < -0.3 is 10.2 Å². The van der Waals surface area contributed by atoms with E-state index in [-0.39, 0.29) is 6.03 Å². The molecule has 0 spiro atoms. The maximum Gasteiger partial charge on any atom is 0.322 e. The normalized spacial score (nSPS) is 16.4. The van der Waals surface area contributed by atoms with Crippen molar-refractivity contribution in [3.8, 4) is 0 Å². The number of carbonyl (C=O) groups is 1. The van der Waals surface area contributed by atoms with Crippen molar-refractivity contribution in [3.05, 3.63) is 77.3 Å². The Morgan fingerprint density at radius 3 is 2.68 bits per heavy atom. The summed E-state index contributed by atoms with van der Waals surface area (Å²) in [5, 5.41) is 3.59. The summed E-state index contributed by atoms with van der Waals surface area (Å²) in [6.45, 7) is 1.36. The summed E-state index contributed by atoms with van der Waals surface area (Å²) in [5.74, 6) is 0.513. The summed E-state index contributed by atoms with van der Waals surface area (Å²) in [7, 11) is 0. The minimum atomic E-state index is -0.0827.